The van der Waals surface area contributed by atoms with Gasteiger partial charge in [-0.1, -0.05) is 18.2 Å². The molecule has 80 valence electrons. The zero-order valence-electron chi connectivity index (χ0n) is 9.23. The summed E-state index contributed by atoms with van der Waals surface area (Å²) in [7, 11) is 0. The third-order valence-electron chi connectivity index (χ3n) is 5.03. The molecule has 1 heteroatoms. The van der Waals surface area contributed by atoms with Crippen molar-refractivity contribution in [3.8, 4) is 0 Å². The van der Waals surface area contributed by atoms with E-state index in [2.05, 4.69) is 23.1 Å². The van der Waals surface area contributed by atoms with Crippen molar-refractivity contribution in [3.05, 3.63) is 23.9 Å². The Kier molecular flexibility index (Phi) is 1.63. The summed E-state index contributed by atoms with van der Waals surface area (Å²) in [5.41, 5.74) is 1.74. The van der Waals surface area contributed by atoms with Gasteiger partial charge in [-0.3, -0.25) is 0 Å². The molecular formula is C14H19N. The Morgan fingerprint density at radius 1 is 1.20 bits per heavy atom. The average Bonchev–Trinajstić information content (AvgIpc) is 3.02. The van der Waals surface area contributed by atoms with Crippen LogP contribution in [-0.2, 0) is 0 Å². The number of hydrogen-bond donors (Lipinski definition) is 0. The Balaban J connectivity index is 1.63. The second kappa shape index (κ2) is 2.90. The largest absolute Gasteiger partial charge is 0.375 e. The summed E-state index contributed by atoms with van der Waals surface area (Å²) in [6.07, 6.45) is 13.2. The molecule has 0 unspecified atom stereocenters. The van der Waals surface area contributed by atoms with E-state index in [-0.39, 0.29) is 0 Å². The van der Waals surface area contributed by atoms with Crippen molar-refractivity contribution in [2.75, 3.05) is 13.1 Å². The highest BCUT2D eigenvalue weighted by atomic mass is 15.2. The summed E-state index contributed by atoms with van der Waals surface area (Å²) in [5.74, 6) is 3.72. The first kappa shape index (κ1) is 8.43. The van der Waals surface area contributed by atoms with Crippen LogP contribution in [0.15, 0.2) is 23.9 Å². The van der Waals surface area contributed by atoms with Gasteiger partial charge in [0.1, 0.15) is 0 Å². The van der Waals surface area contributed by atoms with Crippen molar-refractivity contribution in [1.29, 1.82) is 0 Å². The van der Waals surface area contributed by atoms with Crippen molar-refractivity contribution in [1.82, 2.24) is 4.90 Å². The van der Waals surface area contributed by atoms with Gasteiger partial charge in [-0.05, 0) is 43.4 Å². The smallest absolute Gasteiger partial charge is 0.0175 e. The molecule has 4 atom stereocenters. The molecule has 1 saturated carbocycles. The minimum Gasteiger partial charge on any atom is -0.375 e. The fraction of sp³-hybridized carbons (Fsp3) is 0.714. The maximum absolute atomic E-state index is 2.68. The van der Waals surface area contributed by atoms with Gasteiger partial charge in [-0.15, -0.1) is 0 Å². The molecule has 0 amide bonds. The van der Waals surface area contributed by atoms with Gasteiger partial charge >= 0.3 is 0 Å². The third-order valence-corrected chi connectivity index (χ3v) is 5.03. The highest BCUT2D eigenvalue weighted by Crippen LogP contribution is 2.56. The van der Waals surface area contributed by atoms with Gasteiger partial charge in [-0.2, -0.15) is 0 Å². The topological polar surface area (TPSA) is 3.24 Å². The van der Waals surface area contributed by atoms with E-state index in [1.54, 1.807) is 5.70 Å². The maximum Gasteiger partial charge on any atom is 0.0175 e. The van der Waals surface area contributed by atoms with E-state index in [1.165, 1.54) is 38.8 Å². The fourth-order valence-corrected chi connectivity index (χ4v) is 4.39. The number of nitrogens with zero attached hydrogens (tertiary/aromatic N) is 1. The van der Waals surface area contributed by atoms with Gasteiger partial charge in [0.05, 0.1) is 0 Å². The van der Waals surface area contributed by atoms with Crippen molar-refractivity contribution in [2.24, 2.45) is 23.7 Å². The first-order valence-electron chi connectivity index (χ1n) is 6.57. The van der Waals surface area contributed by atoms with Crippen LogP contribution in [0.5, 0.6) is 0 Å². The van der Waals surface area contributed by atoms with E-state index >= 15 is 0 Å². The standard InChI is InChI=1S/C14H19N/c1-2-7-15(6-1)14-9-10-8-13(14)12-5-3-4-11(10)12/h3-4,9-13H,1-2,5-8H2/t10-,11-,12+,13+/m1/s1. The van der Waals surface area contributed by atoms with Gasteiger partial charge in [0.25, 0.3) is 0 Å². The molecule has 3 aliphatic carbocycles. The zero-order valence-corrected chi connectivity index (χ0v) is 9.23. The Bertz CT molecular complexity index is 335. The number of rotatable bonds is 1. The van der Waals surface area contributed by atoms with Crippen molar-refractivity contribution < 1.29 is 0 Å². The third kappa shape index (κ3) is 1.04. The average molecular weight is 201 g/mol. The van der Waals surface area contributed by atoms with Gasteiger partial charge in [0, 0.05) is 24.7 Å². The number of likely N-dealkylation sites (tertiary alicyclic amines) is 1. The molecule has 0 spiro atoms. The van der Waals surface area contributed by atoms with Crippen LogP contribution in [0.3, 0.4) is 0 Å². The lowest BCUT2D eigenvalue weighted by atomic mass is 9.83. The van der Waals surface area contributed by atoms with Gasteiger partial charge < -0.3 is 4.90 Å². The van der Waals surface area contributed by atoms with Crippen molar-refractivity contribution in [2.45, 2.75) is 25.7 Å². The summed E-state index contributed by atoms with van der Waals surface area (Å²) in [6, 6.07) is 0. The molecule has 2 fully saturated rings. The number of allylic oxidation sites excluding steroid dienone is 4. The minimum atomic E-state index is 0.898. The molecule has 4 rings (SSSR count). The lowest BCUT2D eigenvalue weighted by Crippen LogP contribution is -2.28. The Morgan fingerprint density at radius 2 is 2.07 bits per heavy atom. The van der Waals surface area contributed by atoms with Crippen LogP contribution in [0.4, 0.5) is 0 Å². The second-order valence-corrected chi connectivity index (χ2v) is 5.70. The minimum absolute atomic E-state index is 0.898. The molecule has 1 saturated heterocycles. The van der Waals surface area contributed by atoms with E-state index in [9.17, 15) is 0 Å². The van der Waals surface area contributed by atoms with E-state index in [1.807, 2.05) is 0 Å². The molecule has 0 N–H and O–H groups in total. The second-order valence-electron chi connectivity index (χ2n) is 5.70. The van der Waals surface area contributed by atoms with E-state index in [4.69, 9.17) is 0 Å². The number of hydrogen-bond acceptors (Lipinski definition) is 1. The molecule has 0 aromatic carbocycles. The van der Waals surface area contributed by atoms with Gasteiger partial charge in [-0.25, -0.2) is 0 Å². The lowest BCUT2D eigenvalue weighted by molar-refractivity contribution is 0.297. The monoisotopic (exact) mass is 201 g/mol. The van der Waals surface area contributed by atoms with Crippen LogP contribution < -0.4 is 0 Å². The summed E-state index contributed by atoms with van der Waals surface area (Å²) in [6.45, 7) is 2.67. The normalized spacial score (nSPS) is 46.4. The highest BCUT2D eigenvalue weighted by Gasteiger charge is 2.49. The first-order valence-corrected chi connectivity index (χ1v) is 6.57. The molecule has 0 radical (unpaired) electrons. The van der Waals surface area contributed by atoms with Crippen LogP contribution in [0.25, 0.3) is 0 Å². The van der Waals surface area contributed by atoms with E-state index in [0.29, 0.717) is 0 Å². The number of fused-ring (bicyclic) bond motifs is 5. The molecule has 2 bridgehead atoms. The SMILES string of the molecule is C1=C[C@H]2[C@H](C1)[C@@H]1C[C@@H]2C=C1N1CCCC1. The molecule has 1 heterocycles. The molecular weight excluding hydrogens is 182 g/mol. The predicted octanol–water partition coefficient (Wildman–Crippen LogP) is 2.81. The summed E-state index contributed by atoms with van der Waals surface area (Å²) < 4.78 is 0. The maximum atomic E-state index is 2.68. The Hall–Kier alpha value is -0.720. The highest BCUT2D eigenvalue weighted by molar-refractivity contribution is 5.28. The molecule has 1 aliphatic heterocycles. The Labute approximate surface area is 91.8 Å². The van der Waals surface area contributed by atoms with Crippen LogP contribution in [-0.4, -0.2) is 18.0 Å². The first-order chi connectivity index (χ1) is 7.43. The molecule has 15 heavy (non-hydrogen) atoms. The molecule has 1 nitrogen and oxygen atoms in total. The van der Waals surface area contributed by atoms with Crippen LogP contribution in [0.2, 0.25) is 0 Å². The summed E-state index contributed by atoms with van der Waals surface area (Å²) in [4.78, 5) is 2.68. The van der Waals surface area contributed by atoms with Crippen LogP contribution in [0.1, 0.15) is 25.7 Å². The summed E-state index contributed by atoms with van der Waals surface area (Å²) >= 11 is 0. The zero-order chi connectivity index (χ0) is 9.83. The molecule has 0 aromatic heterocycles. The van der Waals surface area contributed by atoms with E-state index < -0.39 is 0 Å². The summed E-state index contributed by atoms with van der Waals surface area (Å²) in [5, 5.41) is 0. The molecule has 0 aromatic rings. The molecule has 4 aliphatic rings. The van der Waals surface area contributed by atoms with E-state index in [0.717, 1.165) is 23.7 Å². The van der Waals surface area contributed by atoms with Crippen LogP contribution in [0, 0.1) is 23.7 Å². The van der Waals surface area contributed by atoms with Gasteiger partial charge in [0.2, 0.25) is 0 Å². The fourth-order valence-electron chi connectivity index (χ4n) is 4.39. The Morgan fingerprint density at radius 3 is 2.93 bits per heavy atom. The van der Waals surface area contributed by atoms with Gasteiger partial charge in [0.15, 0.2) is 0 Å². The lowest BCUT2D eigenvalue weighted by Gasteiger charge is -2.31. The quantitative estimate of drug-likeness (QED) is 0.590. The van der Waals surface area contributed by atoms with Crippen molar-refractivity contribution >= 4 is 0 Å². The van der Waals surface area contributed by atoms with Crippen molar-refractivity contribution in [3.63, 3.8) is 0 Å². The predicted molar refractivity (Wildman–Crippen MR) is 61.2 cm³/mol. The van der Waals surface area contributed by atoms with Crippen LogP contribution >= 0.6 is 0 Å².